The second-order valence-electron chi connectivity index (χ2n) is 1.69. The van der Waals surface area contributed by atoms with Gasteiger partial charge in [0.2, 0.25) is 0 Å². The number of hydrogen-bond acceptors (Lipinski definition) is 2. The molecule has 0 unspecified atom stereocenters. The van der Waals surface area contributed by atoms with E-state index in [1.54, 1.807) is 11.3 Å². The van der Waals surface area contributed by atoms with Crippen LogP contribution in [0.25, 0.3) is 0 Å². The summed E-state index contributed by atoms with van der Waals surface area (Å²) in [5, 5.41) is 10.6. The number of aliphatic hydroxyl groups is 1. The topological polar surface area (TPSA) is 20.2 Å². The lowest BCUT2D eigenvalue weighted by molar-refractivity contribution is 0.299. The molecule has 0 atom stereocenters. The Balaban J connectivity index is 2.69. The summed E-state index contributed by atoms with van der Waals surface area (Å²) in [4.78, 5) is 0. The van der Waals surface area contributed by atoms with E-state index in [1.807, 2.05) is 5.38 Å². The molecule has 0 spiro atoms. The SMILES string of the molecule is OCCc1ccsc1I. The number of rotatable bonds is 2. The maximum absolute atomic E-state index is 8.56. The van der Waals surface area contributed by atoms with E-state index in [1.165, 1.54) is 8.45 Å². The van der Waals surface area contributed by atoms with Gasteiger partial charge in [-0.05, 0) is 46.0 Å². The molecule has 1 rings (SSSR count). The van der Waals surface area contributed by atoms with Gasteiger partial charge in [-0.2, -0.15) is 0 Å². The summed E-state index contributed by atoms with van der Waals surface area (Å²) in [5.74, 6) is 0. The highest BCUT2D eigenvalue weighted by atomic mass is 127. The van der Waals surface area contributed by atoms with Crippen molar-refractivity contribution in [2.45, 2.75) is 6.42 Å². The molecule has 1 N–H and O–H groups in total. The highest BCUT2D eigenvalue weighted by Gasteiger charge is 1.97. The third kappa shape index (κ3) is 1.91. The maximum Gasteiger partial charge on any atom is 0.0686 e. The van der Waals surface area contributed by atoms with Crippen LogP contribution in [0.4, 0.5) is 0 Å². The molecule has 3 heteroatoms. The first-order valence-corrected chi connectivity index (χ1v) is 4.63. The van der Waals surface area contributed by atoms with Crippen LogP contribution in [-0.2, 0) is 6.42 Å². The number of thiophene rings is 1. The second kappa shape index (κ2) is 3.53. The molecule has 0 aliphatic rings. The van der Waals surface area contributed by atoms with Gasteiger partial charge in [0.05, 0.1) is 2.88 Å². The highest BCUT2D eigenvalue weighted by Crippen LogP contribution is 2.18. The van der Waals surface area contributed by atoms with Crippen molar-refractivity contribution in [2.75, 3.05) is 6.61 Å². The summed E-state index contributed by atoms with van der Waals surface area (Å²) < 4.78 is 1.29. The fraction of sp³-hybridized carbons (Fsp3) is 0.333. The molecule has 0 fully saturated rings. The molecular formula is C6H7IOS. The van der Waals surface area contributed by atoms with Crippen LogP contribution in [0.3, 0.4) is 0 Å². The Morgan fingerprint density at radius 3 is 2.89 bits per heavy atom. The Kier molecular flexibility index (Phi) is 2.94. The maximum atomic E-state index is 8.56. The third-order valence-electron chi connectivity index (χ3n) is 1.07. The fourth-order valence-electron chi connectivity index (χ4n) is 0.619. The zero-order valence-electron chi connectivity index (χ0n) is 4.80. The summed E-state index contributed by atoms with van der Waals surface area (Å²) in [6, 6.07) is 2.06. The van der Waals surface area contributed by atoms with Crippen molar-refractivity contribution in [3.05, 3.63) is 19.9 Å². The lowest BCUT2D eigenvalue weighted by Crippen LogP contribution is -1.88. The smallest absolute Gasteiger partial charge is 0.0686 e. The van der Waals surface area contributed by atoms with Gasteiger partial charge in [0.1, 0.15) is 0 Å². The van der Waals surface area contributed by atoms with E-state index in [0.29, 0.717) is 0 Å². The summed E-state index contributed by atoms with van der Waals surface area (Å²) in [7, 11) is 0. The first kappa shape index (κ1) is 7.50. The van der Waals surface area contributed by atoms with Crippen LogP contribution < -0.4 is 0 Å². The third-order valence-corrected chi connectivity index (χ3v) is 3.27. The van der Waals surface area contributed by atoms with Crippen molar-refractivity contribution < 1.29 is 5.11 Å². The minimum Gasteiger partial charge on any atom is -0.396 e. The number of hydrogen-bond donors (Lipinski definition) is 1. The normalized spacial score (nSPS) is 10.0. The van der Waals surface area contributed by atoms with Crippen LogP contribution >= 0.6 is 33.9 Å². The Hall–Kier alpha value is 0.390. The van der Waals surface area contributed by atoms with E-state index in [0.717, 1.165) is 6.42 Å². The van der Waals surface area contributed by atoms with Gasteiger partial charge in [-0.1, -0.05) is 0 Å². The van der Waals surface area contributed by atoms with Gasteiger partial charge >= 0.3 is 0 Å². The van der Waals surface area contributed by atoms with Crippen molar-refractivity contribution in [3.8, 4) is 0 Å². The molecule has 0 aliphatic carbocycles. The van der Waals surface area contributed by atoms with Gasteiger partial charge in [-0.15, -0.1) is 11.3 Å². The Labute approximate surface area is 71.9 Å². The molecule has 9 heavy (non-hydrogen) atoms. The quantitative estimate of drug-likeness (QED) is 0.799. The van der Waals surface area contributed by atoms with E-state index in [-0.39, 0.29) is 6.61 Å². The number of halogens is 1. The van der Waals surface area contributed by atoms with Gasteiger partial charge < -0.3 is 5.11 Å². The van der Waals surface area contributed by atoms with Crippen LogP contribution in [0.5, 0.6) is 0 Å². The Bertz CT molecular complexity index is 185. The molecule has 0 radical (unpaired) electrons. The summed E-state index contributed by atoms with van der Waals surface area (Å²) in [5.41, 5.74) is 1.27. The second-order valence-corrected chi connectivity index (χ2v) is 4.42. The zero-order chi connectivity index (χ0) is 6.69. The van der Waals surface area contributed by atoms with Gasteiger partial charge in [0.15, 0.2) is 0 Å². The average Bonchev–Trinajstić information content (AvgIpc) is 2.18. The zero-order valence-corrected chi connectivity index (χ0v) is 7.78. The minimum absolute atomic E-state index is 0.257. The Morgan fingerprint density at radius 1 is 1.67 bits per heavy atom. The summed E-state index contributed by atoms with van der Waals surface area (Å²) >= 11 is 4.01. The van der Waals surface area contributed by atoms with E-state index in [4.69, 9.17) is 5.11 Å². The van der Waals surface area contributed by atoms with Crippen LogP contribution in [0.1, 0.15) is 5.56 Å². The molecule has 0 aromatic carbocycles. The largest absolute Gasteiger partial charge is 0.396 e. The minimum atomic E-state index is 0.257. The van der Waals surface area contributed by atoms with E-state index < -0.39 is 0 Å². The van der Waals surface area contributed by atoms with Crippen LogP contribution in [0, 0.1) is 2.88 Å². The predicted molar refractivity (Wildman–Crippen MR) is 47.8 cm³/mol. The first-order chi connectivity index (χ1) is 4.34. The van der Waals surface area contributed by atoms with Crippen molar-refractivity contribution >= 4 is 33.9 Å². The van der Waals surface area contributed by atoms with Crippen molar-refractivity contribution in [2.24, 2.45) is 0 Å². The molecule has 0 amide bonds. The van der Waals surface area contributed by atoms with Gasteiger partial charge in [0.25, 0.3) is 0 Å². The van der Waals surface area contributed by atoms with Crippen LogP contribution in [-0.4, -0.2) is 11.7 Å². The van der Waals surface area contributed by atoms with Crippen molar-refractivity contribution in [1.29, 1.82) is 0 Å². The molecular weight excluding hydrogens is 247 g/mol. The molecule has 50 valence electrons. The molecule has 1 heterocycles. The summed E-state index contributed by atoms with van der Waals surface area (Å²) in [6.07, 6.45) is 0.793. The predicted octanol–water partition coefficient (Wildman–Crippen LogP) is 1.89. The van der Waals surface area contributed by atoms with Gasteiger partial charge in [0, 0.05) is 6.61 Å². The molecule has 0 aliphatic heterocycles. The average molecular weight is 254 g/mol. The lowest BCUT2D eigenvalue weighted by Gasteiger charge is -1.90. The lowest BCUT2D eigenvalue weighted by atomic mass is 10.3. The molecule has 1 aromatic heterocycles. The van der Waals surface area contributed by atoms with Crippen molar-refractivity contribution in [1.82, 2.24) is 0 Å². The van der Waals surface area contributed by atoms with Gasteiger partial charge in [-0.3, -0.25) is 0 Å². The molecule has 0 bridgehead atoms. The van der Waals surface area contributed by atoms with Crippen molar-refractivity contribution in [3.63, 3.8) is 0 Å². The summed E-state index contributed by atoms with van der Waals surface area (Å²) in [6.45, 7) is 0.257. The van der Waals surface area contributed by atoms with E-state index in [9.17, 15) is 0 Å². The van der Waals surface area contributed by atoms with E-state index in [2.05, 4.69) is 28.7 Å². The molecule has 1 aromatic rings. The first-order valence-electron chi connectivity index (χ1n) is 2.67. The molecule has 0 saturated heterocycles. The van der Waals surface area contributed by atoms with Crippen LogP contribution in [0.15, 0.2) is 11.4 Å². The van der Waals surface area contributed by atoms with Crippen LogP contribution in [0.2, 0.25) is 0 Å². The highest BCUT2D eigenvalue weighted by molar-refractivity contribution is 14.1. The molecule has 0 saturated carbocycles. The molecule has 1 nitrogen and oxygen atoms in total. The standard InChI is InChI=1S/C6H7IOS/c7-6-5(1-3-8)2-4-9-6/h2,4,8H,1,3H2. The Morgan fingerprint density at radius 2 is 2.44 bits per heavy atom. The van der Waals surface area contributed by atoms with E-state index >= 15 is 0 Å². The fourth-order valence-corrected chi connectivity index (χ4v) is 2.18. The monoisotopic (exact) mass is 254 g/mol. The number of aliphatic hydroxyl groups excluding tert-OH is 1. The van der Waals surface area contributed by atoms with Gasteiger partial charge in [-0.25, -0.2) is 0 Å².